The molecule has 18 nitrogen and oxygen atoms in total. The van der Waals surface area contributed by atoms with Crippen LogP contribution >= 0.6 is 0 Å². The molecule has 0 radical (unpaired) electrons. The quantitative estimate of drug-likeness (QED) is 0.0245. The third kappa shape index (κ3) is 14.9. The standard InChI is InChI=1S/C54H62N10O8/c1-71-48-13-6-5-11-42(48)37-18-14-35(15-19-37)29-46(63-53(70)47(62-50(67)38-9-3-2-4-10-38)30-39-32-58-44-23-22-41(65)31-43(39)44)52(69)61-45(12-7-8-24-57-54(55)56)51(68)59-33-49(66)60-40-20-16-36(17-21-40)34-64-25-27-72-28-26-64/h2-6,9-11,13-23,31-32,45-47,58,65H,7-8,12,24-30,33-34H2,1H3,(H,59,68)(H,60,66)(H,61,69)(H,62,67)(H,63,70)(H4,55,56,57)/t45?,46-,47-/m0/s1. The van der Waals surface area contributed by atoms with E-state index in [4.69, 9.17) is 20.6 Å². The van der Waals surface area contributed by atoms with Crippen LogP contribution in [0.25, 0.3) is 22.0 Å². The zero-order chi connectivity index (χ0) is 50.8. The van der Waals surface area contributed by atoms with Crippen molar-refractivity contribution in [3.63, 3.8) is 0 Å². The van der Waals surface area contributed by atoms with Crippen molar-refractivity contribution in [3.8, 4) is 22.6 Å². The van der Waals surface area contributed by atoms with Crippen LogP contribution in [0, 0.1) is 5.41 Å². The fourth-order valence-corrected chi connectivity index (χ4v) is 8.46. The zero-order valence-electron chi connectivity index (χ0n) is 40.2. The number of phenolic OH excluding ortho intramolecular Hbond substituents is 1. The second-order valence-electron chi connectivity index (χ2n) is 17.6. The molecule has 0 saturated carbocycles. The topological polar surface area (TPSA) is 265 Å². The summed E-state index contributed by atoms with van der Waals surface area (Å²) in [7, 11) is 1.59. The Kier molecular flexibility index (Phi) is 18.3. The summed E-state index contributed by atoms with van der Waals surface area (Å²) < 4.78 is 11.0. The number of H-pyrrole nitrogens is 1. The van der Waals surface area contributed by atoms with Crippen LogP contribution in [-0.2, 0) is 43.3 Å². The van der Waals surface area contributed by atoms with Crippen LogP contribution in [0.3, 0.4) is 0 Å². The summed E-state index contributed by atoms with van der Waals surface area (Å²) in [6.45, 7) is 3.79. The molecule has 0 aliphatic carbocycles. The van der Waals surface area contributed by atoms with Crippen LogP contribution < -0.4 is 42.4 Å². The van der Waals surface area contributed by atoms with E-state index in [9.17, 15) is 29.1 Å². The Bertz CT molecular complexity index is 2800. The number of guanidine groups is 1. The first-order chi connectivity index (χ1) is 34.9. The van der Waals surface area contributed by atoms with Gasteiger partial charge in [0.05, 0.1) is 26.9 Å². The number of nitrogens with two attached hydrogens (primary N) is 1. The number of phenols is 1. The number of nitrogens with zero attached hydrogens (tertiary/aromatic N) is 1. The SMILES string of the molecule is COc1ccccc1-c1ccc(C[C@H](NC(=O)[C@H](Cc2c[nH]c3ccc(O)cc23)NC(=O)c2ccccc2)C(=O)NC(CCCCNC(=N)N)C(=O)NCC(=O)Nc2ccc(CN3CCOCC3)cc2)cc1. The van der Waals surface area contributed by atoms with E-state index in [1.165, 1.54) is 6.07 Å². The Morgan fingerprint density at radius 2 is 1.44 bits per heavy atom. The van der Waals surface area contributed by atoms with Gasteiger partial charge in [0, 0.05) is 72.9 Å². The summed E-state index contributed by atoms with van der Waals surface area (Å²) >= 11 is 0. The highest BCUT2D eigenvalue weighted by molar-refractivity contribution is 6.00. The van der Waals surface area contributed by atoms with Crippen LogP contribution in [0.4, 0.5) is 5.69 Å². The third-order valence-electron chi connectivity index (χ3n) is 12.3. The number of methoxy groups -OCH3 is 1. The summed E-state index contributed by atoms with van der Waals surface area (Å²) in [5.41, 5.74) is 11.2. The molecule has 1 aliphatic rings. The van der Waals surface area contributed by atoms with Crippen molar-refractivity contribution < 1.29 is 38.6 Å². The van der Waals surface area contributed by atoms with Crippen molar-refractivity contribution >= 4 is 52.1 Å². The minimum absolute atomic E-state index is 0.0181. The Morgan fingerprint density at radius 1 is 0.764 bits per heavy atom. The lowest BCUT2D eigenvalue weighted by Crippen LogP contribution is -2.58. The van der Waals surface area contributed by atoms with Crippen LogP contribution in [0.5, 0.6) is 11.5 Å². The second kappa shape index (κ2) is 25.6. The highest BCUT2D eigenvalue weighted by Gasteiger charge is 2.31. The average Bonchev–Trinajstić information content (AvgIpc) is 3.79. The van der Waals surface area contributed by atoms with Crippen LogP contribution in [-0.4, -0.2) is 115 Å². The molecule has 1 aliphatic heterocycles. The molecular weight excluding hydrogens is 917 g/mol. The molecule has 11 N–H and O–H groups in total. The minimum Gasteiger partial charge on any atom is -0.508 e. The van der Waals surface area contributed by atoms with E-state index in [0.717, 1.165) is 36.3 Å². The number of hydrogen-bond donors (Lipinski definition) is 10. The second-order valence-corrected chi connectivity index (χ2v) is 17.6. The molecule has 1 saturated heterocycles. The number of aromatic amines is 1. The molecule has 1 unspecified atom stereocenters. The van der Waals surface area contributed by atoms with Crippen molar-refractivity contribution in [2.45, 2.75) is 56.8 Å². The van der Waals surface area contributed by atoms with Crippen LogP contribution in [0.15, 0.2) is 128 Å². The number of carbonyl (C=O) groups is 5. The molecular formula is C54H62N10O8. The monoisotopic (exact) mass is 978 g/mol. The number of anilines is 1. The Morgan fingerprint density at radius 3 is 2.17 bits per heavy atom. The number of morpholine rings is 1. The van der Waals surface area contributed by atoms with E-state index >= 15 is 0 Å². The van der Waals surface area contributed by atoms with Crippen molar-refractivity contribution in [1.29, 1.82) is 5.41 Å². The Balaban J connectivity index is 1.11. The van der Waals surface area contributed by atoms with Crippen LogP contribution in [0.2, 0.25) is 0 Å². The first-order valence-corrected chi connectivity index (χ1v) is 23.9. The maximum absolute atomic E-state index is 14.7. The van der Waals surface area contributed by atoms with E-state index < -0.39 is 47.7 Å². The molecule has 7 rings (SSSR count). The van der Waals surface area contributed by atoms with E-state index in [1.807, 2.05) is 60.7 Å². The van der Waals surface area contributed by atoms with Gasteiger partial charge >= 0.3 is 0 Å². The Labute approximate surface area is 417 Å². The predicted molar refractivity (Wildman–Crippen MR) is 275 cm³/mol. The number of para-hydroxylation sites is 1. The summed E-state index contributed by atoms with van der Waals surface area (Å²) in [6, 6.07) is 32.1. The van der Waals surface area contributed by atoms with E-state index in [2.05, 4.69) is 41.8 Å². The van der Waals surface area contributed by atoms with Crippen molar-refractivity contribution in [3.05, 3.63) is 150 Å². The first-order valence-electron chi connectivity index (χ1n) is 23.9. The molecule has 5 aromatic carbocycles. The number of benzene rings is 5. The minimum atomic E-state index is -1.28. The highest BCUT2D eigenvalue weighted by atomic mass is 16.5. The molecule has 18 heteroatoms. The maximum Gasteiger partial charge on any atom is 0.251 e. The average molecular weight is 979 g/mol. The summed E-state index contributed by atoms with van der Waals surface area (Å²) in [5, 5.41) is 35.3. The van der Waals surface area contributed by atoms with E-state index in [-0.39, 0.29) is 37.5 Å². The normalized spacial score (nSPS) is 13.7. The van der Waals surface area contributed by atoms with Gasteiger partial charge < -0.3 is 57.2 Å². The van der Waals surface area contributed by atoms with E-state index in [0.29, 0.717) is 71.6 Å². The number of nitrogens with one attached hydrogen (secondary N) is 8. The molecule has 0 bridgehead atoms. The lowest BCUT2D eigenvalue weighted by molar-refractivity contribution is -0.133. The van der Waals surface area contributed by atoms with Crippen molar-refractivity contribution in [2.75, 3.05) is 51.8 Å². The van der Waals surface area contributed by atoms with Crippen molar-refractivity contribution in [1.82, 2.24) is 36.5 Å². The molecule has 376 valence electrons. The predicted octanol–water partition coefficient (Wildman–Crippen LogP) is 4.34. The van der Waals surface area contributed by atoms with Gasteiger partial charge in [0.15, 0.2) is 5.96 Å². The van der Waals surface area contributed by atoms with Crippen LogP contribution in [0.1, 0.15) is 46.3 Å². The fraction of sp³-hybridized carbons (Fsp3) is 0.296. The Hall–Kier alpha value is -8.22. The highest BCUT2D eigenvalue weighted by Crippen LogP contribution is 2.30. The van der Waals surface area contributed by atoms with Gasteiger partial charge in [0.2, 0.25) is 23.6 Å². The van der Waals surface area contributed by atoms with Gasteiger partial charge in [-0.2, -0.15) is 0 Å². The number of amides is 5. The third-order valence-corrected chi connectivity index (χ3v) is 12.3. The maximum atomic E-state index is 14.7. The van der Waals surface area contributed by atoms with Gasteiger partial charge in [-0.1, -0.05) is 72.8 Å². The molecule has 1 fully saturated rings. The van der Waals surface area contributed by atoms with Gasteiger partial charge in [-0.05, 0) is 90.0 Å². The summed E-state index contributed by atoms with van der Waals surface area (Å²) in [6.07, 6.45) is 2.71. The number of hydrogen-bond acceptors (Lipinski definition) is 10. The summed E-state index contributed by atoms with van der Waals surface area (Å²) in [4.78, 5) is 75.6. The smallest absolute Gasteiger partial charge is 0.251 e. The first kappa shape index (κ1) is 51.6. The fourth-order valence-electron chi connectivity index (χ4n) is 8.46. The molecule has 2 heterocycles. The number of ether oxygens (including phenoxy) is 2. The van der Waals surface area contributed by atoms with Gasteiger partial charge in [0.1, 0.15) is 29.6 Å². The van der Waals surface area contributed by atoms with Gasteiger partial charge in [-0.25, -0.2) is 0 Å². The van der Waals surface area contributed by atoms with Gasteiger partial charge in [-0.3, -0.25) is 34.3 Å². The molecule has 6 aromatic rings. The number of carbonyl (C=O) groups excluding carboxylic acids is 5. The molecule has 0 spiro atoms. The molecule has 3 atom stereocenters. The molecule has 5 amide bonds. The number of fused-ring (bicyclic) bond motifs is 1. The lowest BCUT2D eigenvalue weighted by Gasteiger charge is -2.26. The zero-order valence-corrected chi connectivity index (χ0v) is 40.2. The van der Waals surface area contributed by atoms with Crippen molar-refractivity contribution in [2.24, 2.45) is 5.73 Å². The lowest BCUT2D eigenvalue weighted by atomic mass is 9.98. The number of aromatic hydroxyl groups is 1. The summed E-state index contributed by atoms with van der Waals surface area (Å²) in [5.74, 6) is -2.50. The molecule has 72 heavy (non-hydrogen) atoms. The number of aromatic nitrogens is 1. The van der Waals surface area contributed by atoms with E-state index in [1.54, 1.807) is 67.9 Å². The number of unbranched alkanes of at least 4 members (excludes halogenated alkanes) is 1. The van der Waals surface area contributed by atoms with Gasteiger partial charge in [-0.15, -0.1) is 0 Å². The molecule has 1 aromatic heterocycles. The van der Waals surface area contributed by atoms with Gasteiger partial charge in [0.25, 0.3) is 5.91 Å². The number of rotatable bonds is 23. The largest absolute Gasteiger partial charge is 0.508 e.